The molecule has 1 nitrogen and oxygen atoms in total. The van der Waals surface area contributed by atoms with E-state index >= 15 is 0 Å². The second kappa shape index (κ2) is 2.88. The van der Waals surface area contributed by atoms with Crippen LogP contribution in [0.1, 0.15) is 28.8 Å². The molecular weight excluding hydrogens is 182 g/mol. The Morgan fingerprint density at radius 2 is 1.93 bits per heavy atom. The van der Waals surface area contributed by atoms with Gasteiger partial charge in [0.1, 0.15) is 0 Å². The van der Waals surface area contributed by atoms with Gasteiger partial charge in [0.2, 0.25) is 0 Å². The Hall–Kier alpha value is -1.24. The van der Waals surface area contributed by atoms with Crippen LogP contribution < -0.4 is 0 Å². The molecule has 0 fully saturated rings. The maximum atomic E-state index is 2.50. The van der Waals surface area contributed by atoms with Crippen LogP contribution in [-0.2, 0) is 13.0 Å². The molecule has 2 heterocycles. The molecule has 2 aromatic rings. The van der Waals surface area contributed by atoms with Crippen LogP contribution in [0.3, 0.4) is 0 Å². The van der Waals surface area contributed by atoms with Crippen LogP contribution in [0, 0.1) is 20.8 Å². The molecule has 0 atom stereocenters. The zero-order valence-corrected chi connectivity index (χ0v) is 9.72. The van der Waals surface area contributed by atoms with Gasteiger partial charge in [-0.3, -0.25) is 0 Å². The number of nitrogens with zero attached hydrogens (tertiary/aromatic N) is 1. The molecule has 0 spiro atoms. The molecule has 0 N–H and O–H groups in total. The fraction of sp³-hybridized carbons (Fsp3) is 0.429. The van der Waals surface area contributed by atoms with Crippen molar-refractivity contribution in [2.24, 2.45) is 0 Å². The molecule has 1 aromatic carbocycles. The van der Waals surface area contributed by atoms with Gasteiger partial charge in [-0.25, -0.2) is 0 Å². The van der Waals surface area contributed by atoms with Crippen molar-refractivity contribution in [3.8, 4) is 0 Å². The van der Waals surface area contributed by atoms with Gasteiger partial charge in [0.25, 0.3) is 0 Å². The van der Waals surface area contributed by atoms with E-state index < -0.39 is 0 Å². The summed E-state index contributed by atoms with van der Waals surface area (Å²) in [6.45, 7) is 7.91. The fourth-order valence-corrected chi connectivity index (χ4v) is 2.92. The lowest BCUT2D eigenvalue weighted by Gasteiger charge is -2.17. The van der Waals surface area contributed by atoms with Crippen LogP contribution in [0.5, 0.6) is 0 Å². The Bertz CT molecular complexity index is 546. The molecule has 0 saturated heterocycles. The van der Waals surface area contributed by atoms with Crippen LogP contribution >= 0.6 is 0 Å². The Kier molecular flexibility index (Phi) is 1.73. The van der Waals surface area contributed by atoms with Gasteiger partial charge in [0, 0.05) is 17.6 Å². The first-order chi connectivity index (χ1) is 7.18. The molecule has 0 bridgehead atoms. The van der Waals surface area contributed by atoms with Crippen molar-refractivity contribution in [3.63, 3.8) is 0 Å². The first-order valence-electron chi connectivity index (χ1n) is 5.77. The first-order valence-corrected chi connectivity index (χ1v) is 5.77. The molecular formula is C14H17N. The third-order valence-corrected chi connectivity index (χ3v) is 3.78. The fourth-order valence-electron chi connectivity index (χ4n) is 2.92. The standard InChI is InChI=1S/C14H17N/c1-9-7-12-5-4-6-15-11(3)10(2)13(8-9)14(12)15/h7-8H,4-6H2,1-3H3. The van der Waals surface area contributed by atoms with Crippen molar-refractivity contribution in [3.05, 3.63) is 34.5 Å². The number of hydrogen-bond donors (Lipinski definition) is 0. The minimum atomic E-state index is 1.20. The maximum absolute atomic E-state index is 2.50. The van der Waals surface area contributed by atoms with Crippen LogP contribution in [0.15, 0.2) is 12.1 Å². The number of hydrogen-bond acceptors (Lipinski definition) is 0. The summed E-state index contributed by atoms with van der Waals surface area (Å²) in [4.78, 5) is 0. The van der Waals surface area contributed by atoms with Crippen molar-refractivity contribution in [2.75, 3.05) is 0 Å². The van der Waals surface area contributed by atoms with Crippen molar-refractivity contribution in [1.29, 1.82) is 0 Å². The minimum Gasteiger partial charge on any atom is -0.344 e. The van der Waals surface area contributed by atoms with E-state index in [1.807, 2.05) is 0 Å². The lowest BCUT2D eigenvalue weighted by atomic mass is 10.00. The summed E-state index contributed by atoms with van der Waals surface area (Å²) in [5.74, 6) is 0. The van der Waals surface area contributed by atoms with E-state index in [1.165, 1.54) is 47.1 Å². The van der Waals surface area contributed by atoms with Crippen LogP contribution in [-0.4, -0.2) is 4.57 Å². The highest BCUT2D eigenvalue weighted by Gasteiger charge is 2.17. The zero-order chi connectivity index (χ0) is 10.6. The molecule has 1 aromatic heterocycles. The molecule has 0 saturated carbocycles. The largest absolute Gasteiger partial charge is 0.344 e. The normalized spacial score (nSPS) is 14.9. The predicted octanol–water partition coefficient (Wildman–Crippen LogP) is 3.51. The molecule has 0 aliphatic carbocycles. The Labute approximate surface area is 90.7 Å². The smallest absolute Gasteiger partial charge is 0.0517 e. The summed E-state index contributed by atoms with van der Waals surface area (Å²) in [6.07, 6.45) is 2.54. The monoisotopic (exact) mass is 199 g/mol. The SMILES string of the molecule is Cc1cc2c3c(c1)c(C)c(C)n3CCC2. The number of rotatable bonds is 0. The summed E-state index contributed by atoms with van der Waals surface area (Å²) in [5.41, 5.74) is 7.38. The molecule has 78 valence electrons. The second-order valence-electron chi connectivity index (χ2n) is 4.79. The van der Waals surface area contributed by atoms with E-state index in [0.29, 0.717) is 0 Å². The van der Waals surface area contributed by atoms with Crippen molar-refractivity contribution >= 4 is 10.9 Å². The minimum absolute atomic E-state index is 1.20. The Balaban J connectivity index is 2.53. The lowest BCUT2D eigenvalue weighted by molar-refractivity contribution is 0.622. The van der Waals surface area contributed by atoms with E-state index in [-0.39, 0.29) is 0 Å². The Morgan fingerprint density at radius 1 is 1.13 bits per heavy atom. The maximum Gasteiger partial charge on any atom is 0.0517 e. The summed E-state index contributed by atoms with van der Waals surface area (Å²) in [7, 11) is 0. The molecule has 15 heavy (non-hydrogen) atoms. The predicted molar refractivity (Wildman–Crippen MR) is 64.5 cm³/mol. The topological polar surface area (TPSA) is 4.93 Å². The van der Waals surface area contributed by atoms with E-state index in [2.05, 4.69) is 37.5 Å². The highest BCUT2D eigenvalue weighted by Crippen LogP contribution is 2.32. The lowest BCUT2D eigenvalue weighted by Crippen LogP contribution is -2.08. The molecule has 1 aliphatic rings. The van der Waals surface area contributed by atoms with E-state index in [4.69, 9.17) is 0 Å². The Morgan fingerprint density at radius 3 is 2.73 bits per heavy atom. The van der Waals surface area contributed by atoms with Gasteiger partial charge >= 0.3 is 0 Å². The molecule has 1 heteroatoms. The summed E-state index contributed by atoms with van der Waals surface area (Å²) in [6, 6.07) is 4.69. The third-order valence-electron chi connectivity index (χ3n) is 3.78. The van der Waals surface area contributed by atoms with Gasteiger partial charge in [-0.1, -0.05) is 11.6 Å². The number of aryl methyl sites for hydroxylation is 4. The zero-order valence-electron chi connectivity index (χ0n) is 9.72. The quantitative estimate of drug-likeness (QED) is 0.612. The van der Waals surface area contributed by atoms with Gasteiger partial charge in [0.15, 0.2) is 0 Å². The molecule has 0 amide bonds. The highest BCUT2D eigenvalue weighted by molar-refractivity contribution is 5.89. The van der Waals surface area contributed by atoms with Crippen molar-refractivity contribution in [2.45, 2.75) is 40.2 Å². The van der Waals surface area contributed by atoms with E-state index in [9.17, 15) is 0 Å². The summed E-state index contributed by atoms with van der Waals surface area (Å²) in [5, 5.41) is 1.47. The van der Waals surface area contributed by atoms with Gasteiger partial charge in [0.05, 0.1) is 5.52 Å². The summed E-state index contributed by atoms with van der Waals surface area (Å²) < 4.78 is 2.50. The average molecular weight is 199 g/mol. The van der Waals surface area contributed by atoms with Crippen LogP contribution in [0.2, 0.25) is 0 Å². The number of aromatic nitrogens is 1. The van der Waals surface area contributed by atoms with Crippen molar-refractivity contribution in [1.82, 2.24) is 4.57 Å². The van der Waals surface area contributed by atoms with E-state index in [0.717, 1.165) is 0 Å². The molecule has 0 unspecified atom stereocenters. The van der Waals surface area contributed by atoms with Gasteiger partial charge in [-0.2, -0.15) is 0 Å². The molecule has 0 radical (unpaired) electrons. The van der Waals surface area contributed by atoms with Gasteiger partial charge in [-0.05, 0) is 50.8 Å². The van der Waals surface area contributed by atoms with E-state index in [1.54, 1.807) is 5.56 Å². The first kappa shape index (κ1) is 9.02. The highest BCUT2D eigenvalue weighted by atomic mass is 15.0. The van der Waals surface area contributed by atoms with Crippen LogP contribution in [0.25, 0.3) is 10.9 Å². The van der Waals surface area contributed by atoms with Crippen LogP contribution in [0.4, 0.5) is 0 Å². The average Bonchev–Trinajstić information content (AvgIpc) is 2.46. The third kappa shape index (κ3) is 1.09. The van der Waals surface area contributed by atoms with Gasteiger partial charge in [-0.15, -0.1) is 0 Å². The van der Waals surface area contributed by atoms with Gasteiger partial charge < -0.3 is 4.57 Å². The second-order valence-corrected chi connectivity index (χ2v) is 4.79. The number of benzene rings is 1. The summed E-state index contributed by atoms with van der Waals surface area (Å²) >= 11 is 0. The molecule has 1 aliphatic heterocycles. The molecule has 3 rings (SSSR count). The van der Waals surface area contributed by atoms with Crippen molar-refractivity contribution < 1.29 is 0 Å².